The molecule has 3 rings (SSSR count). The highest BCUT2D eigenvalue weighted by atomic mass is 16.3. The van der Waals surface area contributed by atoms with E-state index in [4.69, 9.17) is 4.42 Å². The maximum absolute atomic E-state index is 5.59. The minimum Gasteiger partial charge on any atom is -0.444 e. The Morgan fingerprint density at radius 1 is 1.11 bits per heavy atom. The molecule has 2 heterocycles. The lowest BCUT2D eigenvalue weighted by Crippen LogP contribution is -2.39. The average molecular weight is 384 g/mol. The van der Waals surface area contributed by atoms with Gasteiger partial charge in [0, 0.05) is 18.7 Å². The Bertz CT molecular complexity index is 705. The number of benzene rings is 1. The van der Waals surface area contributed by atoms with Crippen LogP contribution in [0.3, 0.4) is 0 Å². The van der Waals surface area contributed by atoms with Crippen molar-refractivity contribution in [3.8, 4) is 11.5 Å². The average Bonchev–Trinajstić information content (AvgIpc) is 3.05. The zero-order valence-corrected chi connectivity index (χ0v) is 17.0. The van der Waals surface area contributed by atoms with Crippen molar-refractivity contribution < 1.29 is 4.42 Å². The molecular formula is C22H33N5O. The first kappa shape index (κ1) is 20.4. The standard InChI is InChI=1S/C22H33N5O/c1-2-23-22(24-13-10-16-27-14-8-3-4-9-15-27)25-17-20-18-28-21(26-20)19-11-6-5-7-12-19/h5-7,11-12,18H,2-4,8-10,13-17H2,1H3,(H2,23,24,25). The summed E-state index contributed by atoms with van der Waals surface area (Å²) in [6.45, 7) is 8.02. The highest BCUT2D eigenvalue weighted by molar-refractivity contribution is 5.79. The lowest BCUT2D eigenvalue weighted by molar-refractivity contribution is 0.282. The Labute approximate surface area is 168 Å². The fourth-order valence-corrected chi connectivity index (χ4v) is 3.46. The van der Waals surface area contributed by atoms with Crippen molar-refractivity contribution in [3.63, 3.8) is 0 Å². The highest BCUT2D eigenvalue weighted by Gasteiger charge is 2.09. The molecule has 6 heteroatoms. The Morgan fingerprint density at radius 3 is 2.64 bits per heavy atom. The summed E-state index contributed by atoms with van der Waals surface area (Å²) < 4.78 is 5.59. The predicted octanol–water partition coefficient (Wildman–Crippen LogP) is 3.66. The molecule has 1 aliphatic heterocycles. The Balaban J connectivity index is 1.45. The van der Waals surface area contributed by atoms with E-state index in [1.165, 1.54) is 38.8 Å². The third-order valence-corrected chi connectivity index (χ3v) is 4.96. The number of guanidine groups is 1. The van der Waals surface area contributed by atoms with E-state index in [2.05, 4.69) is 32.4 Å². The molecule has 0 aliphatic carbocycles. The fourth-order valence-electron chi connectivity index (χ4n) is 3.46. The predicted molar refractivity (Wildman–Crippen MR) is 114 cm³/mol. The molecule has 1 saturated heterocycles. The molecule has 0 spiro atoms. The van der Waals surface area contributed by atoms with Crippen molar-refractivity contribution in [3.05, 3.63) is 42.3 Å². The maximum atomic E-state index is 5.59. The lowest BCUT2D eigenvalue weighted by atomic mass is 10.2. The monoisotopic (exact) mass is 383 g/mol. The van der Waals surface area contributed by atoms with Crippen LogP contribution in [-0.4, -0.2) is 48.6 Å². The second-order valence-corrected chi connectivity index (χ2v) is 7.24. The topological polar surface area (TPSA) is 65.7 Å². The highest BCUT2D eigenvalue weighted by Crippen LogP contribution is 2.18. The number of likely N-dealkylation sites (tertiary alicyclic amines) is 1. The molecule has 6 nitrogen and oxygen atoms in total. The molecule has 1 fully saturated rings. The summed E-state index contributed by atoms with van der Waals surface area (Å²) >= 11 is 0. The van der Waals surface area contributed by atoms with Crippen LogP contribution in [0.1, 0.15) is 44.7 Å². The van der Waals surface area contributed by atoms with Crippen LogP contribution in [0, 0.1) is 0 Å². The minimum atomic E-state index is 0.498. The molecule has 152 valence electrons. The van der Waals surface area contributed by atoms with Gasteiger partial charge in [-0.05, 0) is 58.0 Å². The fraction of sp³-hybridized carbons (Fsp3) is 0.545. The number of hydrogen-bond acceptors (Lipinski definition) is 4. The lowest BCUT2D eigenvalue weighted by Gasteiger charge is -2.20. The molecule has 0 unspecified atom stereocenters. The van der Waals surface area contributed by atoms with Crippen LogP contribution >= 0.6 is 0 Å². The van der Waals surface area contributed by atoms with Gasteiger partial charge in [-0.2, -0.15) is 0 Å². The van der Waals surface area contributed by atoms with Crippen LogP contribution in [0.25, 0.3) is 11.5 Å². The molecule has 2 N–H and O–H groups in total. The van der Waals surface area contributed by atoms with Gasteiger partial charge in [0.25, 0.3) is 0 Å². The molecule has 0 bridgehead atoms. The van der Waals surface area contributed by atoms with Gasteiger partial charge in [-0.25, -0.2) is 9.98 Å². The summed E-state index contributed by atoms with van der Waals surface area (Å²) in [4.78, 5) is 11.8. The molecule has 0 atom stereocenters. The SMILES string of the molecule is CCNC(=NCc1coc(-c2ccccc2)n1)NCCCN1CCCCCC1. The number of oxazole rings is 1. The summed E-state index contributed by atoms with van der Waals surface area (Å²) in [6.07, 6.45) is 8.29. The summed E-state index contributed by atoms with van der Waals surface area (Å²) in [5.74, 6) is 1.48. The summed E-state index contributed by atoms with van der Waals surface area (Å²) in [5.41, 5.74) is 1.82. The van der Waals surface area contributed by atoms with Crippen LogP contribution in [0.5, 0.6) is 0 Å². The smallest absolute Gasteiger partial charge is 0.226 e. The number of rotatable bonds is 8. The summed E-state index contributed by atoms with van der Waals surface area (Å²) in [7, 11) is 0. The van der Waals surface area contributed by atoms with E-state index in [0.717, 1.165) is 43.3 Å². The third-order valence-electron chi connectivity index (χ3n) is 4.96. The normalized spacial score (nSPS) is 16.0. The zero-order chi connectivity index (χ0) is 19.4. The van der Waals surface area contributed by atoms with Gasteiger partial charge in [0.15, 0.2) is 5.96 Å². The molecule has 0 saturated carbocycles. The van der Waals surface area contributed by atoms with E-state index in [-0.39, 0.29) is 0 Å². The van der Waals surface area contributed by atoms with Crippen molar-refractivity contribution in [2.45, 2.75) is 45.6 Å². The number of nitrogens with one attached hydrogen (secondary N) is 2. The van der Waals surface area contributed by atoms with Crippen molar-refractivity contribution in [2.75, 3.05) is 32.7 Å². The molecule has 1 aromatic carbocycles. The minimum absolute atomic E-state index is 0.498. The van der Waals surface area contributed by atoms with E-state index in [1.54, 1.807) is 6.26 Å². The van der Waals surface area contributed by atoms with Crippen molar-refractivity contribution >= 4 is 5.96 Å². The quantitative estimate of drug-likeness (QED) is 0.414. The van der Waals surface area contributed by atoms with E-state index in [1.807, 2.05) is 30.3 Å². The third kappa shape index (κ3) is 6.68. The van der Waals surface area contributed by atoms with Gasteiger partial charge in [-0.15, -0.1) is 0 Å². The maximum Gasteiger partial charge on any atom is 0.226 e. The van der Waals surface area contributed by atoms with E-state index >= 15 is 0 Å². The van der Waals surface area contributed by atoms with Crippen LogP contribution < -0.4 is 10.6 Å². The Hall–Kier alpha value is -2.34. The van der Waals surface area contributed by atoms with Crippen LogP contribution in [-0.2, 0) is 6.54 Å². The van der Waals surface area contributed by atoms with E-state index in [9.17, 15) is 0 Å². The molecule has 1 aromatic heterocycles. The van der Waals surface area contributed by atoms with Gasteiger partial charge in [0.05, 0.1) is 6.54 Å². The number of aromatic nitrogens is 1. The second-order valence-electron chi connectivity index (χ2n) is 7.24. The van der Waals surface area contributed by atoms with Crippen LogP contribution in [0.4, 0.5) is 0 Å². The summed E-state index contributed by atoms with van der Waals surface area (Å²) in [6, 6.07) is 9.94. The second kappa shape index (κ2) is 11.5. The zero-order valence-electron chi connectivity index (χ0n) is 17.0. The van der Waals surface area contributed by atoms with Crippen molar-refractivity contribution in [1.29, 1.82) is 0 Å². The first-order chi connectivity index (χ1) is 13.8. The Morgan fingerprint density at radius 2 is 1.89 bits per heavy atom. The van der Waals surface area contributed by atoms with Crippen LogP contribution in [0.15, 0.2) is 46.0 Å². The number of hydrogen-bond donors (Lipinski definition) is 2. The van der Waals surface area contributed by atoms with Gasteiger partial charge < -0.3 is 20.0 Å². The van der Waals surface area contributed by atoms with Gasteiger partial charge in [-0.3, -0.25) is 0 Å². The van der Waals surface area contributed by atoms with Crippen molar-refractivity contribution in [1.82, 2.24) is 20.5 Å². The van der Waals surface area contributed by atoms with Gasteiger partial charge in [-0.1, -0.05) is 31.0 Å². The van der Waals surface area contributed by atoms with Gasteiger partial charge in [0.2, 0.25) is 5.89 Å². The molecule has 0 amide bonds. The molecular weight excluding hydrogens is 350 g/mol. The number of nitrogens with zero attached hydrogens (tertiary/aromatic N) is 3. The van der Waals surface area contributed by atoms with E-state index < -0.39 is 0 Å². The van der Waals surface area contributed by atoms with Gasteiger partial charge >= 0.3 is 0 Å². The molecule has 2 aromatic rings. The molecule has 28 heavy (non-hydrogen) atoms. The molecule has 1 aliphatic rings. The molecule has 0 radical (unpaired) electrons. The Kier molecular flexibility index (Phi) is 8.37. The largest absolute Gasteiger partial charge is 0.444 e. The van der Waals surface area contributed by atoms with Crippen LogP contribution in [0.2, 0.25) is 0 Å². The van der Waals surface area contributed by atoms with E-state index in [0.29, 0.717) is 12.4 Å². The summed E-state index contributed by atoms with van der Waals surface area (Å²) in [5, 5.41) is 6.75. The number of aliphatic imine (C=N–C) groups is 1. The van der Waals surface area contributed by atoms with Crippen molar-refractivity contribution in [2.24, 2.45) is 4.99 Å². The first-order valence-electron chi connectivity index (χ1n) is 10.6. The van der Waals surface area contributed by atoms with Gasteiger partial charge in [0.1, 0.15) is 12.0 Å². The first-order valence-corrected chi connectivity index (χ1v) is 10.6.